The fraction of sp³-hybridized carbons (Fsp3) is 0.154. The van der Waals surface area contributed by atoms with Crippen LogP contribution in [0.25, 0.3) is 22.0 Å². The molecule has 0 unspecified atom stereocenters. The number of carbonyl (C=O) groups excluding carboxylic acids is 1. The van der Waals surface area contributed by atoms with Gasteiger partial charge in [0.2, 0.25) is 0 Å². The lowest BCUT2D eigenvalue weighted by atomic mass is 9.98. The number of alkyl carbamates (subject to hydrolysis) is 1. The highest BCUT2D eigenvalue weighted by molar-refractivity contribution is 5.90. The molecular formula is C26H20N4O4. The topological polar surface area (TPSA) is 110 Å². The van der Waals surface area contributed by atoms with Gasteiger partial charge >= 0.3 is 6.09 Å². The molecule has 1 heterocycles. The van der Waals surface area contributed by atoms with Crippen molar-refractivity contribution < 1.29 is 14.5 Å². The quantitative estimate of drug-likeness (QED) is 0.196. The molecule has 0 spiro atoms. The smallest absolute Gasteiger partial charge is 0.407 e. The highest BCUT2D eigenvalue weighted by atomic mass is 16.6. The molecule has 0 saturated heterocycles. The molecule has 0 atom stereocenters. The lowest BCUT2D eigenvalue weighted by Gasteiger charge is -2.14. The average Bonchev–Trinajstić information content (AvgIpc) is 3.41. The van der Waals surface area contributed by atoms with E-state index in [0.717, 1.165) is 11.1 Å². The number of hydrogen-bond donors (Lipinski definition) is 2. The van der Waals surface area contributed by atoms with Crippen molar-refractivity contribution in [3.05, 3.63) is 93.7 Å². The second kappa shape index (κ2) is 9.08. The van der Waals surface area contributed by atoms with Crippen LogP contribution in [0.5, 0.6) is 0 Å². The molecule has 34 heavy (non-hydrogen) atoms. The van der Waals surface area contributed by atoms with E-state index >= 15 is 0 Å². The molecule has 168 valence electrons. The van der Waals surface area contributed by atoms with Gasteiger partial charge in [-0.3, -0.25) is 15.2 Å². The van der Waals surface area contributed by atoms with Crippen LogP contribution in [0.1, 0.15) is 29.2 Å². The van der Waals surface area contributed by atoms with Crippen molar-refractivity contribution in [3.8, 4) is 23.0 Å². The number of para-hydroxylation sites is 1. The summed E-state index contributed by atoms with van der Waals surface area (Å²) in [5, 5.41) is 21.2. The number of aromatic nitrogens is 2. The van der Waals surface area contributed by atoms with Crippen LogP contribution in [0.15, 0.2) is 66.7 Å². The van der Waals surface area contributed by atoms with E-state index in [2.05, 4.69) is 51.6 Å². The van der Waals surface area contributed by atoms with E-state index in [0.29, 0.717) is 24.0 Å². The average molecular weight is 452 g/mol. The minimum atomic E-state index is -0.494. The minimum Gasteiger partial charge on any atom is -0.449 e. The van der Waals surface area contributed by atoms with Crippen molar-refractivity contribution in [2.45, 2.75) is 12.3 Å². The number of aromatic amines is 1. The first kappa shape index (κ1) is 21.2. The van der Waals surface area contributed by atoms with Gasteiger partial charge in [-0.1, -0.05) is 60.5 Å². The van der Waals surface area contributed by atoms with Crippen molar-refractivity contribution in [3.63, 3.8) is 0 Å². The zero-order valence-corrected chi connectivity index (χ0v) is 18.1. The Labute approximate surface area is 195 Å². The van der Waals surface area contributed by atoms with E-state index in [4.69, 9.17) is 4.74 Å². The van der Waals surface area contributed by atoms with Crippen molar-refractivity contribution in [1.29, 1.82) is 0 Å². The fourth-order valence-corrected chi connectivity index (χ4v) is 4.29. The molecule has 4 aromatic rings. The van der Waals surface area contributed by atoms with Gasteiger partial charge in [0, 0.05) is 30.3 Å². The monoisotopic (exact) mass is 452 g/mol. The van der Waals surface area contributed by atoms with Gasteiger partial charge in [0.1, 0.15) is 12.3 Å². The molecule has 2 N–H and O–H groups in total. The molecule has 1 aliphatic rings. The maximum Gasteiger partial charge on any atom is 0.407 e. The molecule has 5 rings (SSSR count). The van der Waals surface area contributed by atoms with Crippen LogP contribution in [0.3, 0.4) is 0 Å². The second-order valence-corrected chi connectivity index (χ2v) is 7.83. The Balaban J connectivity index is 1.16. The van der Waals surface area contributed by atoms with Gasteiger partial charge in [0.15, 0.2) is 5.52 Å². The third-order valence-corrected chi connectivity index (χ3v) is 5.84. The van der Waals surface area contributed by atoms with Crippen molar-refractivity contribution in [2.24, 2.45) is 0 Å². The highest BCUT2D eigenvalue weighted by Gasteiger charge is 2.28. The largest absolute Gasteiger partial charge is 0.449 e. The molecular weight excluding hydrogens is 432 g/mol. The molecule has 8 nitrogen and oxygen atoms in total. The van der Waals surface area contributed by atoms with Gasteiger partial charge in [0.25, 0.3) is 5.69 Å². The van der Waals surface area contributed by atoms with E-state index in [1.54, 1.807) is 12.1 Å². The van der Waals surface area contributed by atoms with Crippen molar-refractivity contribution in [2.75, 3.05) is 13.2 Å². The Morgan fingerprint density at radius 2 is 1.76 bits per heavy atom. The maximum atomic E-state index is 12.2. The number of ether oxygens (including phenoxy) is 1. The number of nitro benzene ring substituents is 1. The standard InChI is InChI=1S/C26H20N4O4/c31-26(34-16-22-19-10-3-1-8-17(19)18-9-2-4-11-20(18)22)27-15-6-5-13-23-21-12-7-14-24(30(32)33)25(21)29-28-23/h1-4,7-12,14,22H,6,15-16H2,(H,27,31)(H,28,29). The third-order valence-electron chi connectivity index (χ3n) is 5.84. The van der Waals surface area contributed by atoms with Crippen molar-refractivity contribution in [1.82, 2.24) is 15.5 Å². The molecule has 3 aromatic carbocycles. The number of carbonyl (C=O) groups is 1. The number of fused-ring (bicyclic) bond motifs is 4. The van der Waals surface area contributed by atoms with E-state index in [-0.39, 0.29) is 23.7 Å². The summed E-state index contributed by atoms with van der Waals surface area (Å²) >= 11 is 0. The van der Waals surface area contributed by atoms with Gasteiger partial charge in [-0.05, 0) is 34.2 Å². The number of H-pyrrole nitrogens is 1. The molecule has 0 saturated carbocycles. The first-order chi connectivity index (χ1) is 16.6. The zero-order valence-electron chi connectivity index (χ0n) is 18.1. The molecule has 8 heteroatoms. The van der Waals surface area contributed by atoms with Gasteiger partial charge in [-0.15, -0.1) is 0 Å². The van der Waals surface area contributed by atoms with E-state index in [1.807, 2.05) is 24.3 Å². The second-order valence-electron chi connectivity index (χ2n) is 7.83. The van der Waals surface area contributed by atoms with Crippen molar-refractivity contribution >= 4 is 22.7 Å². The van der Waals surface area contributed by atoms with Crippen LogP contribution in [0.4, 0.5) is 10.5 Å². The van der Waals surface area contributed by atoms with Crippen LogP contribution in [0.2, 0.25) is 0 Å². The Kier molecular flexibility index (Phi) is 5.67. The summed E-state index contributed by atoms with van der Waals surface area (Å²) < 4.78 is 5.51. The van der Waals surface area contributed by atoms with Gasteiger partial charge in [-0.2, -0.15) is 5.10 Å². The van der Waals surface area contributed by atoms with Gasteiger partial charge in [-0.25, -0.2) is 4.79 Å². The van der Waals surface area contributed by atoms with Gasteiger partial charge < -0.3 is 10.1 Å². The Morgan fingerprint density at radius 1 is 1.06 bits per heavy atom. The Bertz CT molecular complexity index is 1420. The van der Waals surface area contributed by atoms with E-state index in [9.17, 15) is 14.9 Å². The Morgan fingerprint density at radius 3 is 2.47 bits per heavy atom. The summed E-state index contributed by atoms with van der Waals surface area (Å²) in [5.74, 6) is 5.88. The summed E-state index contributed by atoms with van der Waals surface area (Å²) in [5.41, 5.74) is 5.38. The minimum absolute atomic E-state index is 0.00987. The predicted octanol–water partition coefficient (Wildman–Crippen LogP) is 4.75. The SMILES string of the molecule is O=C(NCCC#Cc1[nH]nc2c([N+](=O)[O-])cccc12)OCC1c2ccccc2-c2ccccc21. The van der Waals surface area contributed by atoms with Crippen LogP contribution < -0.4 is 5.32 Å². The molecule has 1 amide bonds. The fourth-order valence-electron chi connectivity index (χ4n) is 4.29. The number of amides is 1. The molecule has 0 fully saturated rings. The Hall–Kier alpha value is -4.64. The summed E-state index contributed by atoms with van der Waals surface area (Å²) in [6.07, 6.45) is -0.106. The number of hydrogen-bond acceptors (Lipinski definition) is 5. The van der Waals surface area contributed by atoms with Crippen LogP contribution in [0, 0.1) is 22.0 Å². The molecule has 0 aliphatic heterocycles. The summed E-state index contributed by atoms with van der Waals surface area (Å²) in [7, 11) is 0. The van der Waals surface area contributed by atoms with E-state index in [1.165, 1.54) is 17.2 Å². The normalized spacial score (nSPS) is 11.9. The number of nitrogens with zero attached hydrogens (tertiary/aromatic N) is 2. The third kappa shape index (κ3) is 3.95. The van der Waals surface area contributed by atoms with Crippen LogP contribution >= 0.6 is 0 Å². The number of nitro groups is 1. The summed E-state index contributed by atoms with van der Waals surface area (Å²) in [6, 6.07) is 21.1. The van der Waals surface area contributed by atoms with Crippen LogP contribution in [-0.4, -0.2) is 34.4 Å². The lowest BCUT2D eigenvalue weighted by Crippen LogP contribution is -2.26. The number of non-ortho nitro benzene ring substituents is 1. The molecule has 1 aliphatic carbocycles. The van der Waals surface area contributed by atoms with Crippen LogP contribution in [-0.2, 0) is 4.74 Å². The highest BCUT2D eigenvalue weighted by Crippen LogP contribution is 2.44. The van der Waals surface area contributed by atoms with Gasteiger partial charge in [0.05, 0.1) is 4.92 Å². The van der Waals surface area contributed by atoms with E-state index < -0.39 is 11.0 Å². The lowest BCUT2D eigenvalue weighted by molar-refractivity contribution is -0.383. The first-order valence-corrected chi connectivity index (χ1v) is 10.8. The maximum absolute atomic E-state index is 12.2. The number of benzene rings is 3. The number of rotatable bonds is 5. The molecule has 0 radical (unpaired) electrons. The predicted molar refractivity (Wildman–Crippen MR) is 127 cm³/mol. The summed E-state index contributed by atoms with van der Waals surface area (Å²) in [6.45, 7) is 0.570. The summed E-state index contributed by atoms with van der Waals surface area (Å²) in [4.78, 5) is 22.9. The zero-order chi connectivity index (χ0) is 23.5. The number of nitrogens with one attached hydrogen (secondary N) is 2. The molecule has 1 aromatic heterocycles. The molecule has 0 bridgehead atoms. The first-order valence-electron chi connectivity index (χ1n) is 10.8.